The zero-order valence-electron chi connectivity index (χ0n) is 29.6. The number of hydrogen-bond acceptors (Lipinski definition) is 7. The summed E-state index contributed by atoms with van der Waals surface area (Å²) in [6, 6.07) is 14.8. The number of amides is 1. The zero-order chi connectivity index (χ0) is 34.4. The highest BCUT2D eigenvalue weighted by atomic mass is 28.3. The Morgan fingerprint density at radius 2 is 1.88 bits per heavy atom. The van der Waals surface area contributed by atoms with Crippen LogP contribution in [-0.2, 0) is 9.47 Å². The van der Waals surface area contributed by atoms with Crippen LogP contribution in [0.25, 0.3) is 33.4 Å². The lowest BCUT2D eigenvalue weighted by Gasteiger charge is -2.39. The van der Waals surface area contributed by atoms with E-state index in [1.54, 1.807) is 17.3 Å². The van der Waals surface area contributed by atoms with Crippen molar-refractivity contribution in [2.24, 2.45) is 5.41 Å². The number of carbonyl (C=O) groups is 1. The van der Waals surface area contributed by atoms with Gasteiger partial charge in [-0.15, -0.1) is 5.54 Å². The molecule has 2 saturated heterocycles. The number of ether oxygens (including phenoxy) is 3. The third-order valence-electron chi connectivity index (χ3n) is 9.56. The lowest BCUT2D eigenvalue weighted by Crippen LogP contribution is -2.51. The molecule has 0 radical (unpaired) electrons. The van der Waals surface area contributed by atoms with E-state index in [-0.39, 0.29) is 23.8 Å². The molecule has 4 heterocycles. The van der Waals surface area contributed by atoms with Crippen molar-refractivity contribution in [2.45, 2.75) is 96.9 Å². The van der Waals surface area contributed by atoms with Crippen LogP contribution >= 0.6 is 0 Å². The van der Waals surface area contributed by atoms with Gasteiger partial charge in [0.1, 0.15) is 31.2 Å². The van der Waals surface area contributed by atoms with Crippen molar-refractivity contribution in [1.82, 2.24) is 24.6 Å². The molecule has 1 saturated carbocycles. The van der Waals surface area contributed by atoms with Gasteiger partial charge in [0.2, 0.25) is 5.88 Å². The van der Waals surface area contributed by atoms with Crippen LogP contribution in [0, 0.1) is 16.9 Å². The van der Waals surface area contributed by atoms with E-state index in [9.17, 15) is 4.79 Å². The molecule has 0 bridgehead atoms. The van der Waals surface area contributed by atoms with Gasteiger partial charge in [-0.2, -0.15) is 5.10 Å². The summed E-state index contributed by atoms with van der Waals surface area (Å²) in [4.78, 5) is 24.3. The van der Waals surface area contributed by atoms with E-state index >= 15 is 0 Å². The van der Waals surface area contributed by atoms with Gasteiger partial charge >= 0.3 is 6.09 Å². The highest BCUT2D eigenvalue weighted by Crippen LogP contribution is 2.55. The molecule has 256 valence electrons. The van der Waals surface area contributed by atoms with Crippen LogP contribution in [0.15, 0.2) is 54.9 Å². The van der Waals surface area contributed by atoms with E-state index < -0.39 is 13.7 Å². The topological polar surface area (TPSA) is 91.6 Å². The Balaban J connectivity index is 1.24. The average Bonchev–Trinajstić information content (AvgIpc) is 3.74. The molecule has 4 aromatic rings. The third-order valence-corrected chi connectivity index (χ3v) is 10.4. The first-order valence-electron chi connectivity index (χ1n) is 17.6. The second kappa shape index (κ2) is 12.9. The number of likely N-dealkylation sites (tertiary alicyclic amines) is 1. The van der Waals surface area contributed by atoms with Crippen LogP contribution in [0.1, 0.15) is 71.1 Å². The number of benzene rings is 2. The largest absolute Gasteiger partial charge is 0.471 e. The summed E-state index contributed by atoms with van der Waals surface area (Å²) in [6.45, 7) is 14.3. The van der Waals surface area contributed by atoms with Gasteiger partial charge in [0.05, 0.1) is 24.5 Å². The summed E-state index contributed by atoms with van der Waals surface area (Å²) in [6.07, 6.45) is 8.87. The summed E-state index contributed by atoms with van der Waals surface area (Å²) >= 11 is 0. The maximum atomic E-state index is 13.0. The molecule has 1 spiro atoms. The number of piperidine rings is 1. The number of nitrogens with zero attached hydrogens (tertiary/aromatic N) is 5. The van der Waals surface area contributed by atoms with Crippen LogP contribution in [0.4, 0.5) is 4.79 Å². The Hall–Kier alpha value is -4.20. The maximum Gasteiger partial charge on any atom is 0.410 e. The molecule has 2 atom stereocenters. The second-order valence-corrected chi connectivity index (χ2v) is 20.5. The Morgan fingerprint density at radius 3 is 2.61 bits per heavy atom. The quantitative estimate of drug-likeness (QED) is 0.155. The van der Waals surface area contributed by atoms with E-state index in [1.807, 2.05) is 31.5 Å². The molecule has 3 fully saturated rings. The summed E-state index contributed by atoms with van der Waals surface area (Å²) in [5.41, 5.74) is 8.56. The van der Waals surface area contributed by atoms with Gasteiger partial charge in [-0.25, -0.2) is 14.5 Å². The molecular weight excluding hydrogens is 631 g/mol. The Labute approximate surface area is 290 Å². The highest BCUT2D eigenvalue weighted by Gasteiger charge is 2.54. The first-order chi connectivity index (χ1) is 23.4. The van der Waals surface area contributed by atoms with Crippen LogP contribution in [0.5, 0.6) is 5.88 Å². The number of fused-ring (bicyclic) bond motifs is 1. The zero-order valence-corrected chi connectivity index (χ0v) is 30.6. The monoisotopic (exact) mass is 677 g/mol. The molecule has 0 N–H and O–H groups in total. The molecule has 2 aliphatic heterocycles. The van der Waals surface area contributed by atoms with Crippen molar-refractivity contribution in [3.8, 4) is 39.9 Å². The molecule has 9 nitrogen and oxygen atoms in total. The van der Waals surface area contributed by atoms with E-state index in [0.29, 0.717) is 24.7 Å². The smallest absolute Gasteiger partial charge is 0.410 e. The lowest BCUT2D eigenvalue weighted by molar-refractivity contribution is -0.0365. The molecule has 3 aliphatic rings. The van der Waals surface area contributed by atoms with E-state index in [1.165, 1.54) is 0 Å². The van der Waals surface area contributed by atoms with Gasteiger partial charge in [0.25, 0.3) is 0 Å². The second-order valence-electron chi connectivity index (χ2n) is 15.8. The van der Waals surface area contributed by atoms with Gasteiger partial charge in [0, 0.05) is 29.5 Å². The first-order valence-corrected chi connectivity index (χ1v) is 21.1. The highest BCUT2D eigenvalue weighted by molar-refractivity contribution is 6.83. The molecule has 7 rings (SSSR count). The fourth-order valence-electron chi connectivity index (χ4n) is 6.79. The van der Waals surface area contributed by atoms with Crippen LogP contribution in [0.3, 0.4) is 0 Å². The Bertz CT molecular complexity index is 1920. The summed E-state index contributed by atoms with van der Waals surface area (Å²) < 4.78 is 20.5. The van der Waals surface area contributed by atoms with Crippen LogP contribution in [-0.4, -0.2) is 70.2 Å². The molecule has 1 amide bonds. The van der Waals surface area contributed by atoms with Gasteiger partial charge in [-0.1, -0.05) is 49.8 Å². The molecular formula is C39H47N5O4Si. The summed E-state index contributed by atoms with van der Waals surface area (Å²) in [5.74, 6) is 3.91. The van der Waals surface area contributed by atoms with E-state index in [0.717, 1.165) is 78.4 Å². The number of rotatable bonds is 5. The van der Waals surface area contributed by atoms with Crippen molar-refractivity contribution < 1.29 is 19.0 Å². The maximum absolute atomic E-state index is 13.0. The summed E-state index contributed by atoms with van der Waals surface area (Å²) in [5, 5.41) is 6.12. The van der Waals surface area contributed by atoms with Gasteiger partial charge in [-0.05, 0) is 88.6 Å². The molecule has 2 aromatic carbocycles. The minimum Gasteiger partial charge on any atom is -0.471 e. The van der Waals surface area contributed by atoms with Gasteiger partial charge in [-0.3, -0.25) is 4.98 Å². The average molecular weight is 678 g/mol. The third kappa shape index (κ3) is 7.38. The lowest BCUT2D eigenvalue weighted by atomic mass is 9.90. The number of aromatic nitrogens is 4. The van der Waals surface area contributed by atoms with Crippen molar-refractivity contribution in [2.75, 3.05) is 19.7 Å². The van der Waals surface area contributed by atoms with Gasteiger partial charge in [0.15, 0.2) is 6.23 Å². The minimum atomic E-state index is -1.56. The van der Waals surface area contributed by atoms with Crippen molar-refractivity contribution in [1.29, 1.82) is 0 Å². The fraction of sp³-hybridized carbons (Fsp3) is 0.487. The predicted octanol–water partition coefficient (Wildman–Crippen LogP) is 8.26. The minimum absolute atomic E-state index is 0.0590. The predicted molar refractivity (Wildman–Crippen MR) is 194 cm³/mol. The SMILES string of the molecule is CC(C)(C)OC(=O)N1CCC2(CC2)C(Oc2cncc(-c3nn(C4CCCCO4)c4ccc(-c5ccccc5C#C[Si](C)(C)C)cc34)n2)C1. The Kier molecular flexibility index (Phi) is 8.78. The number of carbonyl (C=O) groups excluding carboxylic acids is 1. The molecule has 2 aromatic heterocycles. The molecule has 2 unspecified atom stereocenters. The first kappa shape index (κ1) is 33.3. The van der Waals surface area contributed by atoms with Crippen LogP contribution < -0.4 is 4.74 Å². The molecule has 10 heteroatoms. The van der Waals surface area contributed by atoms with Crippen molar-refractivity contribution in [3.63, 3.8) is 0 Å². The van der Waals surface area contributed by atoms with Crippen LogP contribution in [0.2, 0.25) is 19.6 Å². The molecule has 49 heavy (non-hydrogen) atoms. The van der Waals surface area contributed by atoms with Gasteiger partial charge < -0.3 is 19.1 Å². The number of hydrogen-bond donors (Lipinski definition) is 0. The van der Waals surface area contributed by atoms with Crippen molar-refractivity contribution >= 4 is 25.1 Å². The fourth-order valence-corrected chi connectivity index (χ4v) is 7.30. The standard InChI is InChI=1S/C39H47N5O4Si/c1-38(2,3)48-37(45)43-20-19-39(17-18-39)33(26-43)47-34-25-40-24-31(41-34)36-30-23-28(29-12-8-7-11-27(29)16-22-49(4,5)6)14-15-32(30)44(42-36)35-13-9-10-21-46-35/h7-8,11-12,14-15,23-25,33,35H,9-10,13,17-21,26H2,1-6H3. The summed E-state index contributed by atoms with van der Waals surface area (Å²) in [7, 11) is -1.56. The molecule has 1 aliphatic carbocycles. The normalized spacial score (nSPS) is 20.5. The van der Waals surface area contributed by atoms with E-state index in [4.69, 9.17) is 24.3 Å². The van der Waals surface area contributed by atoms with E-state index in [2.05, 4.69) is 72.5 Å². The van der Waals surface area contributed by atoms with Crippen molar-refractivity contribution in [3.05, 3.63) is 60.4 Å². The Morgan fingerprint density at radius 1 is 1.06 bits per heavy atom.